The number of rotatable bonds is 4. The second kappa shape index (κ2) is 4.92. The van der Waals surface area contributed by atoms with Gasteiger partial charge in [0.05, 0.1) is 13.7 Å². The molecule has 0 saturated carbocycles. The van der Waals surface area contributed by atoms with Crippen molar-refractivity contribution >= 4 is 0 Å². The highest BCUT2D eigenvalue weighted by Crippen LogP contribution is 2.24. The summed E-state index contributed by atoms with van der Waals surface area (Å²) in [7, 11) is 3.19. The Hall–Kier alpha value is -1.95. The van der Waals surface area contributed by atoms with E-state index in [1.165, 1.54) is 19.2 Å². The van der Waals surface area contributed by atoms with E-state index in [9.17, 15) is 4.39 Å². The van der Waals surface area contributed by atoms with Gasteiger partial charge in [0, 0.05) is 5.56 Å². The molecule has 0 aliphatic carbocycles. The minimum atomic E-state index is -0.460. The summed E-state index contributed by atoms with van der Waals surface area (Å²) >= 11 is 0. The quantitative estimate of drug-likeness (QED) is 0.875. The Kier molecular flexibility index (Phi) is 3.34. The van der Waals surface area contributed by atoms with Crippen LogP contribution in [0.2, 0.25) is 0 Å². The second-order valence-corrected chi connectivity index (χ2v) is 3.38. The molecule has 1 aromatic carbocycles. The van der Waals surface area contributed by atoms with Crippen molar-refractivity contribution < 1.29 is 13.5 Å². The van der Waals surface area contributed by atoms with Crippen LogP contribution >= 0.6 is 0 Å². The molecule has 1 heterocycles. The number of halogens is 1. The zero-order valence-electron chi connectivity index (χ0n) is 9.53. The normalized spacial score (nSPS) is 10.5. The number of hydrogen-bond acceptors (Lipinski definition) is 5. The third-order valence-electron chi connectivity index (χ3n) is 2.19. The molecule has 2 aromatic rings. The molecule has 0 fully saturated rings. The molecule has 2 rings (SSSR count). The number of ether oxygens (including phenoxy) is 1. The number of methoxy groups -OCH3 is 1. The van der Waals surface area contributed by atoms with Crippen LogP contribution in [-0.4, -0.2) is 24.4 Å². The van der Waals surface area contributed by atoms with Crippen LogP contribution in [0.1, 0.15) is 5.89 Å². The molecule has 0 bridgehead atoms. The molecule has 1 N–H and O–H groups in total. The lowest BCUT2D eigenvalue weighted by Crippen LogP contribution is -2.04. The van der Waals surface area contributed by atoms with Crippen LogP contribution in [0.3, 0.4) is 0 Å². The van der Waals surface area contributed by atoms with Gasteiger partial charge < -0.3 is 14.5 Å². The fraction of sp³-hybridized carbons (Fsp3) is 0.273. The van der Waals surface area contributed by atoms with Crippen LogP contribution in [0.25, 0.3) is 11.5 Å². The molecular formula is C11H12FN3O2. The van der Waals surface area contributed by atoms with Crippen LogP contribution in [-0.2, 0) is 6.54 Å². The van der Waals surface area contributed by atoms with Crippen molar-refractivity contribution in [3.05, 3.63) is 29.9 Å². The van der Waals surface area contributed by atoms with Gasteiger partial charge in [0.2, 0.25) is 11.8 Å². The van der Waals surface area contributed by atoms with E-state index in [1.807, 2.05) is 0 Å². The van der Waals surface area contributed by atoms with Crippen LogP contribution in [0.5, 0.6) is 5.75 Å². The van der Waals surface area contributed by atoms with E-state index in [4.69, 9.17) is 9.15 Å². The summed E-state index contributed by atoms with van der Waals surface area (Å²) in [4.78, 5) is 0. The fourth-order valence-electron chi connectivity index (χ4n) is 1.39. The summed E-state index contributed by atoms with van der Waals surface area (Å²) in [5.74, 6) is 0.470. The molecule has 17 heavy (non-hydrogen) atoms. The third kappa shape index (κ3) is 2.42. The summed E-state index contributed by atoms with van der Waals surface area (Å²) in [5, 5.41) is 10.5. The monoisotopic (exact) mass is 237 g/mol. The molecule has 5 nitrogen and oxygen atoms in total. The van der Waals surface area contributed by atoms with Crippen LogP contribution in [0.4, 0.5) is 4.39 Å². The van der Waals surface area contributed by atoms with Gasteiger partial charge in [0.1, 0.15) is 0 Å². The summed E-state index contributed by atoms with van der Waals surface area (Å²) in [6, 6.07) is 4.49. The zero-order valence-corrected chi connectivity index (χ0v) is 9.53. The highest BCUT2D eigenvalue weighted by molar-refractivity contribution is 5.54. The van der Waals surface area contributed by atoms with Gasteiger partial charge in [-0.15, -0.1) is 10.2 Å². The van der Waals surface area contributed by atoms with Crippen molar-refractivity contribution in [2.24, 2.45) is 0 Å². The Labute approximate surface area is 97.6 Å². The third-order valence-corrected chi connectivity index (χ3v) is 2.19. The molecule has 0 saturated heterocycles. The summed E-state index contributed by atoms with van der Waals surface area (Å²) in [6.07, 6.45) is 0. The summed E-state index contributed by atoms with van der Waals surface area (Å²) < 4.78 is 23.6. The van der Waals surface area contributed by atoms with Gasteiger partial charge in [-0.3, -0.25) is 0 Å². The van der Waals surface area contributed by atoms with Gasteiger partial charge >= 0.3 is 0 Å². The number of nitrogens with one attached hydrogen (secondary N) is 1. The Balaban J connectivity index is 2.29. The first-order valence-corrected chi connectivity index (χ1v) is 5.05. The largest absolute Gasteiger partial charge is 0.494 e. The number of benzene rings is 1. The summed E-state index contributed by atoms with van der Waals surface area (Å²) in [6.45, 7) is 0.478. The Morgan fingerprint density at radius 1 is 1.41 bits per heavy atom. The predicted octanol–water partition coefficient (Wildman–Crippen LogP) is 1.60. The predicted molar refractivity (Wildman–Crippen MR) is 59.0 cm³/mol. The average molecular weight is 237 g/mol. The highest BCUT2D eigenvalue weighted by atomic mass is 19.1. The second-order valence-electron chi connectivity index (χ2n) is 3.38. The topological polar surface area (TPSA) is 60.2 Å². The van der Waals surface area contributed by atoms with Crippen molar-refractivity contribution in [3.8, 4) is 17.2 Å². The lowest BCUT2D eigenvalue weighted by atomic mass is 10.2. The van der Waals surface area contributed by atoms with Crippen molar-refractivity contribution in [2.45, 2.75) is 6.54 Å². The maximum absolute atomic E-state index is 13.5. The van der Waals surface area contributed by atoms with E-state index >= 15 is 0 Å². The van der Waals surface area contributed by atoms with E-state index in [0.29, 0.717) is 18.0 Å². The molecule has 1 aromatic heterocycles. The molecule has 0 atom stereocenters. The highest BCUT2D eigenvalue weighted by Gasteiger charge is 2.11. The van der Waals surface area contributed by atoms with Gasteiger partial charge in [-0.25, -0.2) is 4.39 Å². The van der Waals surface area contributed by atoms with Crippen LogP contribution in [0.15, 0.2) is 22.6 Å². The van der Waals surface area contributed by atoms with Crippen molar-refractivity contribution in [1.29, 1.82) is 0 Å². The maximum Gasteiger partial charge on any atom is 0.247 e. The molecule has 0 spiro atoms. The SMILES string of the molecule is CNCc1nnc(-c2ccc(OC)c(F)c2)o1. The molecular weight excluding hydrogens is 225 g/mol. The van der Waals surface area contributed by atoms with E-state index < -0.39 is 5.82 Å². The Bertz CT molecular complexity index is 513. The van der Waals surface area contributed by atoms with Gasteiger partial charge in [0.25, 0.3) is 0 Å². The molecule has 0 radical (unpaired) electrons. The Morgan fingerprint density at radius 2 is 2.24 bits per heavy atom. The van der Waals surface area contributed by atoms with E-state index in [1.54, 1.807) is 13.1 Å². The minimum absolute atomic E-state index is 0.184. The standard InChI is InChI=1S/C11H12FN3O2/c1-13-6-10-14-15-11(17-10)7-3-4-9(16-2)8(12)5-7/h3-5,13H,6H2,1-2H3. The van der Waals surface area contributed by atoms with Gasteiger partial charge in [0.15, 0.2) is 11.6 Å². The first kappa shape index (κ1) is 11.5. The molecule has 0 unspecified atom stereocenters. The molecule has 0 aliphatic rings. The summed E-state index contributed by atoms with van der Waals surface area (Å²) in [5.41, 5.74) is 0.526. The van der Waals surface area contributed by atoms with Gasteiger partial charge in [-0.05, 0) is 25.2 Å². The lowest BCUT2D eigenvalue weighted by Gasteiger charge is -2.01. The van der Waals surface area contributed by atoms with E-state index in [0.717, 1.165) is 0 Å². The minimum Gasteiger partial charge on any atom is -0.494 e. The molecule has 0 amide bonds. The zero-order chi connectivity index (χ0) is 12.3. The van der Waals surface area contributed by atoms with Crippen LogP contribution < -0.4 is 10.1 Å². The average Bonchev–Trinajstić information content (AvgIpc) is 2.78. The van der Waals surface area contributed by atoms with E-state index in [-0.39, 0.29) is 11.6 Å². The molecule has 90 valence electrons. The van der Waals surface area contributed by atoms with Gasteiger partial charge in [-0.2, -0.15) is 0 Å². The van der Waals surface area contributed by atoms with E-state index in [2.05, 4.69) is 15.5 Å². The lowest BCUT2D eigenvalue weighted by molar-refractivity contribution is 0.386. The Morgan fingerprint density at radius 3 is 2.88 bits per heavy atom. The maximum atomic E-state index is 13.5. The molecule has 6 heteroatoms. The van der Waals surface area contributed by atoms with Crippen molar-refractivity contribution in [1.82, 2.24) is 15.5 Å². The molecule has 0 aliphatic heterocycles. The number of hydrogen-bond donors (Lipinski definition) is 1. The first-order chi connectivity index (χ1) is 8.24. The smallest absolute Gasteiger partial charge is 0.247 e. The van der Waals surface area contributed by atoms with Crippen molar-refractivity contribution in [2.75, 3.05) is 14.2 Å². The number of nitrogens with zero attached hydrogens (tertiary/aromatic N) is 2. The number of aromatic nitrogens is 2. The first-order valence-electron chi connectivity index (χ1n) is 5.05. The van der Waals surface area contributed by atoms with Crippen molar-refractivity contribution in [3.63, 3.8) is 0 Å². The fourth-order valence-corrected chi connectivity index (χ4v) is 1.39. The van der Waals surface area contributed by atoms with Gasteiger partial charge in [-0.1, -0.05) is 0 Å². The van der Waals surface area contributed by atoms with Crippen LogP contribution in [0, 0.1) is 5.82 Å².